The van der Waals surface area contributed by atoms with Crippen LogP contribution in [0.2, 0.25) is 0 Å². The number of rotatable bonds is 8. The minimum absolute atomic E-state index is 0.0370. The summed E-state index contributed by atoms with van der Waals surface area (Å²) in [6.07, 6.45) is 8.50. The second-order valence-corrected chi connectivity index (χ2v) is 13.3. The van der Waals surface area contributed by atoms with Crippen LogP contribution in [-0.2, 0) is 0 Å². The maximum absolute atomic E-state index is 17.0. The largest absolute Gasteiger partial charge is 0.508 e. The van der Waals surface area contributed by atoms with Gasteiger partial charge in [-0.25, -0.2) is 8.78 Å². The molecule has 1 aromatic heterocycles. The topological polar surface area (TPSA) is 73.8 Å². The number of piperazine rings is 1. The molecular formula is C35H37F2N5O2. The van der Waals surface area contributed by atoms with Crippen molar-refractivity contribution >= 4 is 33.6 Å². The monoisotopic (exact) mass is 597 g/mol. The zero-order chi connectivity index (χ0) is 30.0. The highest BCUT2D eigenvalue weighted by atomic mass is 19.1. The Balaban J connectivity index is 1.26. The van der Waals surface area contributed by atoms with Gasteiger partial charge in [-0.15, -0.1) is 0 Å². The molecule has 3 saturated heterocycles. The average molecular weight is 598 g/mol. The molecule has 3 aromatic carbocycles. The van der Waals surface area contributed by atoms with Crippen LogP contribution in [0.15, 0.2) is 43.0 Å². The molecule has 3 aliphatic heterocycles. The van der Waals surface area contributed by atoms with Crippen molar-refractivity contribution in [3.05, 3.63) is 60.2 Å². The van der Waals surface area contributed by atoms with E-state index in [0.717, 1.165) is 58.4 Å². The number of ether oxygens (including phenoxy) is 1. The Labute approximate surface area is 255 Å². The molecule has 4 fully saturated rings. The maximum atomic E-state index is 17.0. The van der Waals surface area contributed by atoms with Gasteiger partial charge in [0.05, 0.1) is 6.61 Å². The molecule has 228 valence electrons. The second kappa shape index (κ2) is 10.7. The number of anilines is 1. The van der Waals surface area contributed by atoms with Gasteiger partial charge >= 0.3 is 6.01 Å². The van der Waals surface area contributed by atoms with Crippen molar-refractivity contribution in [1.82, 2.24) is 20.2 Å². The Kier molecular flexibility index (Phi) is 6.72. The summed E-state index contributed by atoms with van der Waals surface area (Å²) in [7, 11) is 0. The van der Waals surface area contributed by atoms with E-state index in [4.69, 9.17) is 14.7 Å². The van der Waals surface area contributed by atoms with E-state index in [0.29, 0.717) is 51.8 Å². The molecule has 4 heterocycles. The summed E-state index contributed by atoms with van der Waals surface area (Å²) in [5.74, 6) is -0.390. The number of aromatic hydroxyl groups is 1. The van der Waals surface area contributed by atoms with Crippen LogP contribution in [0, 0.1) is 17.0 Å². The van der Waals surface area contributed by atoms with E-state index in [9.17, 15) is 9.50 Å². The number of phenolic OH excluding ortho intramolecular Hbond substituents is 1. The first-order chi connectivity index (χ1) is 21.4. The summed E-state index contributed by atoms with van der Waals surface area (Å²) in [4.78, 5) is 14.4. The first-order valence-corrected chi connectivity index (χ1v) is 15.8. The lowest BCUT2D eigenvalue weighted by atomic mass is 9.92. The van der Waals surface area contributed by atoms with Crippen molar-refractivity contribution in [2.75, 3.05) is 44.2 Å². The SMILES string of the molecule is C=Cc1cc2c(N3CC4CCC(C3)N4)nc(OCC3(CN4CCCC4)CC3)nc2c(F)c1-c1cc(O)cc2ccc(F)cc12. The van der Waals surface area contributed by atoms with Gasteiger partial charge in [0.15, 0.2) is 5.82 Å². The third kappa shape index (κ3) is 4.96. The molecule has 9 heteroatoms. The summed E-state index contributed by atoms with van der Waals surface area (Å²) in [5, 5.41) is 15.9. The van der Waals surface area contributed by atoms with Crippen LogP contribution in [-0.4, -0.2) is 71.4 Å². The van der Waals surface area contributed by atoms with Gasteiger partial charge in [0, 0.05) is 48.1 Å². The lowest BCUT2D eigenvalue weighted by molar-refractivity contribution is 0.170. The van der Waals surface area contributed by atoms with E-state index in [1.165, 1.54) is 31.0 Å². The fraction of sp³-hybridized carbons (Fsp3) is 0.429. The molecule has 2 N–H and O–H groups in total. The summed E-state index contributed by atoms with van der Waals surface area (Å²) >= 11 is 0. The van der Waals surface area contributed by atoms with Crippen molar-refractivity contribution in [2.45, 2.75) is 50.6 Å². The van der Waals surface area contributed by atoms with Crippen LogP contribution < -0.4 is 15.0 Å². The highest BCUT2D eigenvalue weighted by Gasteiger charge is 2.45. The van der Waals surface area contributed by atoms with Crippen molar-refractivity contribution in [3.8, 4) is 22.9 Å². The molecule has 8 rings (SSSR count). The number of hydrogen-bond donors (Lipinski definition) is 2. The second-order valence-electron chi connectivity index (χ2n) is 13.3. The number of likely N-dealkylation sites (tertiary alicyclic amines) is 1. The van der Waals surface area contributed by atoms with E-state index in [-0.39, 0.29) is 28.3 Å². The van der Waals surface area contributed by atoms with E-state index >= 15 is 4.39 Å². The Morgan fingerprint density at radius 2 is 1.80 bits per heavy atom. The molecule has 7 nitrogen and oxygen atoms in total. The predicted molar refractivity (Wildman–Crippen MR) is 169 cm³/mol. The van der Waals surface area contributed by atoms with Crippen molar-refractivity contribution in [3.63, 3.8) is 0 Å². The number of hydrogen-bond acceptors (Lipinski definition) is 7. The molecule has 1 aliphatic carbocycles. The lowest BCUT2D eigenvalue weighted by Gasteiger charge is -2.34. The van der Waals surface area contributed by atoms with Crippen LogP contribution in [0.1, 0.15) is 44.1 Å². The van der Waals surface area contributed by atoms with E-state index in [2.05, 4.69) is 21.7 Å². The van der Waals surface area contributed by atoms with Crippen LogP contribution in [0.5, 0.6) is 11.8 Å². The normalized spacial score (nSPS) is 22.6. The molecule has 2 bridgehead atoms. The molecule has 0 spiro atoms. The fourth-order valence-electron chi connectivity index (χ4n) is 7.60. The third-order valence-corrected chi connectivity index (χ3v) is 10.0. The zero-order valence-electron chi connectivity index (χ0n) is 24.8. The Morgan fingerprint density at radius 3 is 2.52 bits per heavy atom. The van der Waals surface area contributed by atoms with E-state index < -0.39 is 11.6 Å². The minimum Gasteiger partial charge on any atom is -0.508 e. The first kappa shape index (κ1) is 27.7. The van der Waals surface area contributed by atoms with Gasteiger partial charge in [0.1, 0.15) is 22.9 Å². The molecule has 0 radical (unpaired) electrons. The molecular weight excluding hydrogens is 560 g/mol. The number of nitrogens with one attached hydrogen (secondary N) is 1. The molecule has 0 amide bonds. The Morgan fingerprint density at radius 1 is 1.02 bits per heavy atom. The molecule has 1 saturated carbocycles. The molecule has 44 heavy (non-hydrogen) atoms. The van der Waals surface area contributed by atoms with Gasteiger partial charge in [-0.1, -0.05) is 18.7 Å². The third-order valence-electron chi connectivity index (χ3n) is 10.0. The highest BCUT2D eigenvalue weighted by molar-refractivity contribution is 6.04. The van der Waals surface area contributed by atoms with Gasteiger partial charge in [-0.05, 0) is 104 Å². The minimum atomic E-state index is -0.571. The van der Waals surface area contributed by atoms with Gasteiger partial charge in [-0.3, -0.25) is 0 Å². The van der Waals surface area contributed by atoms with Crippen molar-refractivity contribution in [2.24, 2.45) is 5.41 Å². The van der Waals surface area contributed by atoms with Gasteiger partial charge < -0.3 is 25.0 Å². The van der Waals surface area contributed by atoms with Crippen molar-refractivity contribution < 1.29 is 18.6 Å². The number of nitrogens with zero attached hydrogens (tertiary/aromatic N) is 4. The quantitative estimate of drug-likeness (QED) is 0.248. The number of halogens is 2. The number of benzene rings is 3. The van der Waals surface area contributed by atoms with Crippen molar-refractivity contribution in [1.29, 1.82) is 0 Å². The maximum Gasteiger partial charge on any atom is 0.319 e. The van der Waals surface area contributed by atoms with Crippen LogP contribution in [0.3, 0.4) is 0 Å². The number of aromatic nitrogens is 2. The van der Waals surface area contributed by atoms with Crippen LogP contribution >= 0.6 is 0 Å². The molecule has 2 atom stereocenters. The van der Waals surface area contributed by atoms with Gasteiger partial charge in [0.2, 0.25) is 0 Å². The summed E-state index contributed by atoms with van der Waals surface area (Å²) in [6.45, 7) is 9.30. The van der Waals surface area contributed by atoms with Crippen LogP contribution in [0.4, 0.5) is 14.6 Å². The smallest absolute Gasteiger partial charge is 0.319 e. The van der Waals surface area contributed by atoms with E-state index in [1.807, 2.05) is 6.07 Å². The molecule has 4 aromatic rings. The summed E-state index contributed by atoms with van der Waals surface area (Å²) in [5.41, 5.74) is 1.35. The van der Waals surface area contributed by atoms with Gasteiger partial charge in [-0.2, -0.15) is 9.97 Å². The molecule has 2 unspecified atom stereocenters. The average Bonchev–Trinajstić information content (AvgIpc) is 3.42. The summed E-state index contributed by atoms with van der Waals surface area (Å²) < 4.78 is 37.8. The lowest BCUT2D eigenvalue weighted by Crippen LogP contribution is -2.51. The zero-order valence-corrected chi connectivity index (χ0v) is 24.8. The molecule has 4 aliphatic rings. The fourth-order valence-corrected chi connectivity index (χ4v) is 7.60. The number of fused-ring (bicyclic) bond motifs is 4. The summed E-state index contributed by atoms with van der Waals surface area (Å²) in [6, 6.07) is 10.1. The van der Waals surface area contributed by atoms with E-state index in [1.54, 1.807) is 18.2 Å². The Hall–Kier alpha value is -3.82. The Bertz CT molecular complexity index is 1770. The van der Waals surface area contributed by atoms with Crippen LogP contribution in [0.25, 0.3) is 38.9 Å². The predicted octanol–water partition coefficient (Wildman–Crippen LogP) is 6.27. The standard InChI is InChI=1S/C35H37F2N5O2/c1-2-21-14-29-32(31(37)30(21)28-16-26(43)13-22-5-6-23(36)15-27(22)28)39-34(40-33(29)42-17-24-7-8-25(18-42)38-24)44-20-35(9-10-35)19-41-11-3-4-12-41/h2,5-6,13-16,24-25,38,43H,1,3-4,7-12,17-20H2. The highest BCUT2D eigenvalue weighted by Crippen LogP contribution is 2.47. The number of phenols is 1. The van der Waals surface area contributed by atoms with Gasteiger partial charge in [0.25, 0.3) is 0 Å². The first-order valence-electron chi connectivity index (χ1n) is 15.8.